The number of allylic oxidation sites excluding steroid dienone is 3. The monoisotopic (exact) mass is 1830 g/mol. The highest BCUT2D eigenvalue weighted by molar-refractivity contribution is 8.77. The van der Waals surface area contributed by atoms with Gasteiger partial charge in [0.05, 0.1) is 56.2 Å². The summed E-state index contributed by atoms with van der Waals surface area (Å²) in [7, 11) is 10.8. The average Bonchev–Trinajstić information content (AvgIpc) is 1.57. The quantitative estimate of drug-likeness (QED) is 0.0126. The summed E-state index contributed by atoms with van der Waals surface area (Å²) in [6, 6.07) is 16.5. The van der Waals surface area contributed by atoms with Gasteiger partial charge in [0, 0.05) is 92.9 Å². The fourth-order valence-corrected chi connectivity index (χ4v) is 19.6. The number of aromatic amines is 1. The van der Waals surface area contributed by atoms with E-state index in [9.17, 15) is 54.0 Å². The molecule has 4 aliphatic rings. The van der Waals surface area contributed by atoms with E-state index in [4.69, 9.17) is 41.0 Å². The molecule has 5 heterocycles. The van der Waals surface area contributed by atoms with E-state index in [2.05, 4.69) is 52.8 Å². The molecule has 38 heteroatoms. The van der Waals surface area contributed by atoms with Crippen LogP contribution in [0.3, 0.4) is 0 Å². The summed E-state index contributed by atoms with van der Waals surface area (Å²) >= 11 is 6.91. The number of carbonyl (C=O) groups is 11. The first-order valence-corrected chi connectivity index (χ1v) is 47.0. The van der Waals surface area contributed by atoms with E-state index in [0.29, 0.717) is 59.8 Å². The third-order valence-electron chi connectivity index (χ3n) is 22.6. The molecule has 0 radical (unpaired) electrons. The minimum absolute atomic E-state index is 0.00618. The molecule has 5 aromatic rings. The Hall–Kier alpha value is -8.96. The molecule has 0 spiro atoms. The summed E-state index contributed by atoms with van der Waals surface area (Å²) < 4.78 is 29.8. The molecule has 1 aromatic heterocycles. The van der Waals surface area contributed by atoms with E-state index in [-0.39, 0.29) is 74.0 Å². The minimum atomic E-state index is -1.92. The first-order chi connectivity index (χ1) is 59.7. The zero-order valence-electron chi connectivity index (χ0n) is 71.8. The van der Waals surface area contributed by atoms with Crippen LogP contribution in [0.5, 0.6) is 5.75 Å². The number of unbranched alkanes of at least 4 members (excludes halogenated alkanes) is 1. The van der Waals surface area contributed by atoms with Gasteiger partial charge in [-0.1, -0.05) is 164 Å². The van der Waals surface area contributed by atoms with Crippen molar-refractivity contribution in [2.45, 2.75) is 214 Å². The van der Waals surface area contributed by atoms with Crippen molar-refractivity contribution >= 4 is 137 Å². The van der Waals surface area contributed by atoms with Gasteiger partial charge >= 0.3 is 12.1 Å². The fraction of sp³-hybridized carbons (Fsp3) is 0.529. The zero-order valence-corrected chi connectivity index (χ0v) is 75.8. The van der Waals surface area contributed by atoms with Crippen molar-refractivity contribution in [3.8, 4) is 5.75 Å². The normalized spacial score (nSPS) is 26.4. The van der Waals surface area contributed by atoms with Crippen molar-refractivity contribution in [3.05, 3.63) is 154 Å². The number of H-pyrrole nitrogens is 1. The number of carbonyl (C=O) groups excluding carboxylic acids is 11. The van der Waals surface area contributed by atoms with Gasteiger partial charge in [-0.25, -0.2) is 9.59 Å². The summed E-state index contributed by atoms with van der Waals surface area (Å²) in [6.45, 7) is 9.24. The molecule has 0 unspecified atom stereocenters. The Morgan fingerprint density at radius 1 is 0.816 bits per heavy atom. The SMILES string of the molecule is COc1cc2cc(c1Cl)N(C)C(=O)C[C@H](OC(=O)[C@H](C)N(C)C(=O)CCSSCCCN[C@H](Cc1ccccc1)C(=O)N[C@H]1CSSC[C@@H](C(=O)N[C@H](CO)[C@@H](C)O)NC(=O)[C@H]([C@@H](C)O)NC(=O)[C@H](CCCCN)NC(=O)[C@@H](Cc3c[nH]c4ccccc34)NC(=O)[C@H](Cc3ccccc3)NC1=O)[C@@]1(C)O[C@H]1[C@H](C)[C@@H]1C[C@@](O)(NC(=O)O1)[C@H](OC)/C=C/C=C(\C)C2. The highest BCUT2D eigenvalue weighted by atomic mass is 35.5. The maximum Gasteiger partial charge on any atom is 0.409 e. The Morgan fingerprint density at radius 2 is 1.47 bits per heavy atom. The molecule has 4 aromatic carbocycles. The Balaban J connectivity index is 0.892. The van der Waals surface area contributed by atoms with E-state index in [1.807, 2.05) is 67.6 Å². The molecule has 125 heavy (non-hydrogen) atoms. The molecule has 9 rings (SSSR count). The number of nitrogens with one attached hydrogen (secondary N) is 10. The number of ether oxygens (including phenoxy) is 5. The Bertz CT molecular complexity index is 4600. The topological polar surface area (TPSA) is 475 Å². The number of aliphatic hydroxyl groups excluding tert-OH is 3. The number of benzene rings is 4. The number of amides is 10. The Labute approximate surface area is 748 Å². The molecule has 682 valence electrons. The van der Waals surface area contributed by atoms with E-state index in [1.54, 1.807) is 81.7 Å². The predicted octanol–water partition coefficient (Wildman–Crippen LogP) is 4.52. The molecule has 0 aliphatic carbocycles. The number of rotatable bonds is 31. The number of anilines is 1. The largest absolute Gasteiger partial charge is 0.495 e. The molecule has 16 N–H and O–H groups in total. The molecule has 3 saturated heterocycles. The van der Waals surface area contributed by atoms with Crippen LogP contribution < -0.4 is 63.2 Å². The lowest BCUT2D eigenvalue weighted by molar-refractivity contribution is -0.162. The second kappa shape index (κ2) is 47.7. The summed E-state index contributed by atoms with van der Waals surface area (Å²) in [5.41, 5.74) is 7.26. The number of fused-ring (bicyclic) bond motifs is 6. The summed E-state index contributed by atoms with van der Waals surface area (Å²) in [6.07, 6.45) is 0.0474. The van der Waals surface area contributed by atoms with Gasteiger partial charge in [-0.3, -0.25) is 48.5 Å². The van der Waals surface area contributed by atoms with Crippen LogP contribution in [0.2, 0.25) is 5.02 Å². The molecule has 18 atom stereocenters. The van der Waals surface area contributed by atoms with Crippen molar-refractivity contribution in [2.75, 3.05) is 75.9 Å². The van der Waals surface area contributed by atoms with Gasteiger partial charge in [-0.15, -0.1) is 0 Å². The lowest BCUT2D eigenvalue weighted by Crippen LogP contribution is -2.63. The number of nitrogens with two attached hydrogens (primary N) is 1. The first kappa shape index (κ1) is 99.8. The molecule has 3 fully saturated rings. The maximum absolute atomic E-state index is 15.3. The zero-order chi connectivity index (χ0) is 90.8. The van der Waals surface area contributed by atoms with Crippen molar-refractivity contribution < 1.29 is 96.9 Å². The highest BCUT2D eigenvalue weighted by Gasteiger charge is 2.65. The average molecular weight is 1830 g/mol. The standard InChI is InChI=1S/C87H118ClN13O20S4/c1-49-23-21-31-70(118-10)87(116)44-69(119-85(115)99-87)50(2)76-86(6,121-76)71(43-73(106)101(8)67-40-56(37-49)41-68(117-9)74(67)88)120-84(114)51(3)100(7)72(105)32-36-123-122-35-22-34-90-61(38-54-24-13-11-14-25-54)78(108)96-65-47-124-125-48-66(82(112)95-64(46-102)52(4)103)97-83(113)75(53(5)104)98-77(107)60(30-19-20-33-89)92-80(110)63(42-57-45-91-59-29-18-17-28-58(57)59)94-79(109)62(93-81(65)111)39-55-26-15-12-16-27-55/h11-18,21,23-29,31,40-41,45,50-53,60-66,69-71,75-76,90-91,102-104,116H,19-20,22,30,32-39,42-44,46-48,89H2,1-10H3,(H,92,110)(H,93,111)(H,94,109)(H,95,112)(H,96,108)(H,97,113)(H,98,107)(H,99,115)/b31-21+,49-23+/t50-,51+,52-,53-,60+,61-,62+,63-,64-,65+,66+,69+,70-,71+,75+,76+,86-,87+/m1/s1. The first-order valence-electron chi connectivity index (χ1n) is 41.7. The van der Waals surface area contributed by atoms with Crippen LogP contribution in [0.25, 0.3) is 10.9 Å². The molecule has 4 aliphatic heterocycles. The second-order valence-electron chi connectivity index (χ2n) is 32.0. The van der Waals surface area contributed by atoms with Crippen LogP contribution in [-0.4, -0.2) is 269 Å². The number of para-hydroxylation sites is 1. The van der Waals surface area contributed by atoms with Crippen LogP contribution >= 0.6 is 54.8 Å². The lowest BCUT2D eigenvalue weighted by atomic mass is 9.83. The van der Waals surface area contributed by atoms with Crippen molar-refractivity contribution in [2.24, 2.45) is 11.7 Å². The molecule has 10 amide bonds. The number of epoxide rings is 1. The van der Waals surface area contributed by atoms with Gasteiger partial charge in [0.15, 0.2) is 5.72 Å². The van der Waals surface area contributed by atoms with Crippen molar-refractivity contribution in [3.63, 3.8) is 0 Å². The van der Waals surface area contributed by atoms with Crippen LogP contribution in [0, 0.1) is 5.92 Å². The number of methoxy groups -OCH3 is 2. The van der Waals surface area contributed by atoms with Gasteiger partial charge in [0.25, 0.3) is 0 Å². The van der Waals surface area contributed by atoms with Gasteiger partial charge in [-0.05, 0) is 127 Å². The number of nitrogens with zero attached hydrogens (tertiary/aromatic N) is 2. The number of aromatic nitrogens is 1. The second-order valence-corrected chi connectivity index (χ2v) is 37.7. The van der Waals surface area contributed by atoms with Crippen molar-refractivity contribution in [1.29, 1.82) is 0 Å². The van der Waals surface area contributed by atoms with Crippen molar-refractivity contribution in [1.82, 2.24) is 57.7 Å². The lowest BCUT2D eigenvalue weighted by Gasteiger charge is -2.42. The highest BCUT2D eigenvalue weighted by Crippen LogP contribution is 2.49. The molecule has 0 saturated carbocycles. The number of hydrogen-bond donors (Lipinski definition) is 15. The van der Waals surface area contributed by atoms with E-state index < -0.39 is 181 Å². The minimum Gasteiger partial charge on any atom is -0.495 e. The van der Waals surface area contributed by atoms with E-state index in [1.165, 1.54) is 73.4 Å². The molecule has 4 bridgehead atoms. The number of aliphatic hydroxyl groups is 4. The Kier molecular flexibility index (Phi) is 38.1. The van der Waals surface area contributed by atoms with E-state index in [0.717, 1.165) is 49.2 Å². The number of likely N-dealkylation sites (N-methyl/N-ethyl adjacent to an activating group) is 1. The smallest absolute Gasteiger partial charge is 0.409 e. The van der Waals surface area contributed by atoms with Crippen LogP contribution in [0.4, 0.5) is 10.5 Å². The molecular weight excluding hydrogens is 1710 g/mol. The Morgan fingerprint density at radius 3 is 2.15 bits per heavy atom. The number of esters is 1. The van der Waals surface area contributed by atoms with Gasteiger partial charge < -0.3 is 107 Å². The van der Waals surface area contributed by atoms with Gasteiger partial charge in [-0.2, -0.15) is 0 Å². The maximum atomic E-state index is 15.3. The summed E-state index contributed by atoms with van der Waals surface area (Å²) in [4.78, 5) is 166. The van der Waals surface area contributed by atoms with Crippen LogP contribution in [0.15, 0.2) is 127 Å². The van der Waals surface area contributed by atoms with Gasteiger partial charge in [0.2, 0.25) is 53.2 Å². The third kappa shape index (κ3) is 28.0. The van der Waals surface area contributed by atoms with E-state index >= 15 is 19.2 Å². The third-order valence-corrected chi connectivity index (χ3v) is 27.9. The fourth-order valence-electron chi connectivity index (χ4n) is 14.9. The summed E-state index contributed by atoms with van der Waals surface area (Å²) in [5.74, 6) is -7.55. The number of halogens is 1. The van der Waals surface area contributed by atoms with Crippen LogP contribution in [-0.2, 0) is 92.6 Å². The predicted molar refractivity (Wildman–Crippen MR) is 481 cm³/mol. The number of alkyl carbamates (subject to hydrolysis) is 1. The number of hydrogen-bond acceptors (Lipinski definition) is 26. The molecular formula is C87H118ClN13O20S4. The summed E-state index contributed by atoms with van der Waals surface area (Å²) in [5, 5.41) is 69.8. The van der Waals surface area contributed by atoms with Crippen LogP contribution in [0.1, 0.15) is 109 Å². The molecule has 33 nitrogen and oxygen atoms in total. The van der Waals surface area contributed by atoms with Gasteiger partial charge in [0.1, 0.15) is 77.0 Å².